The lowest BCUT2D eigenvalue weighted by atomic mass is 10.1. The van der Waals surface area contributed by atoms with Crippen LogP contribution in [0.15, 0.2) is 58.1 Å². The van der Waals surface area contributed by atoms with Gasteiger partial charge in [-0.3, -0.25) is 0 Å². The molecular weight excluding hydrogens is 480 g/mol. The van der Waals surface area contributed by atoms with E-state index in [0.29, 0.717) is 22.6 Å². The smallest absolute Gasteiger partial charge is 0.339 e. The molecule has 0 aliphatic heterocycles. The molecule has 4 N–H and O–H groups in total. The number of hydrazone groups is 1. The van der Waals surface area contributed by atoms with Crippen LogP contribution in [0.4, 0.5) is 10.5 Å². The fourth-order valence-corrected chi connectivity index (χ4v) is 3.42. The Balaban J connectivity index is 1.82. The number of aryl methyl sites for hydroxylation is 1. The summed E-state index contributed by atoms with van der Waals surface area (Å²) >= 11 is 3.32. The molecule has 9 nitrogen and oxygen atoms in total. The van der Waals surface area contributed by atoms with Gasteiger partial charge in [0.2, 0.25) is 0 Å². The highest BCUT2D eigenvalue weighted by molar-refractivity contribution is 9.10. The van der Waals surface area contributed by atoms with Crippen molar-refractivity contribution in [3.8, 4) is 5.69 Å². The number of nitrogens with one attached hydrogen (secondary N) is 2. The van der Waals surface area contributed by atoms with Crippen LogP contribution in [0.25, 0.3) is 5.69 Å². The Labute approximate surface area is 191 Å². The van der Waals surface area contributed by atoms with Gasteiger partial charge in [-0.2, -0.15) is 5.10 Å². The molecule has 0 radical (unpaired) electrons. The van der Waals surface area contributed by atoms with Gasteiger partial charge in [0.25, 0.3) is 0 Å². The van der Waals surface area contributed by atoms with Crippen LogP contribution in [0.5, 0.6) is 0 Å². The molecule has 10 heteroatoms. The van der Waals surface area contributed by atoms with Gasteiger partial charge < -0.3 is 20.1 Å². The number of nitrogens with zero attached hydrogens (tertiary/aromatic N) is 2. The number of hydrogen-bond acceptors (Lipinski definition) is 4. The molecule has 2 amide bonds. The molecule has 0 bridgehead atoms. The second kappa shape index (κ2) is 9.48. The summed E-state index contributed by atoms with van der Waals surface area (Å²) in [7, 11) is 0. The van der Waals surface area contributed by atoms with Gasteiger partial charge in [-0.1, -0.05) is 15.9 Å². The van der Waals surface area contributed by atoms with Crippen molar-refractivity contribution in [3.05, 3.63) is 81.1 Å². The first-order chi connectivity index (χ1) is 15.2. The van der Waals surface area contributed by atoms with Crippen molar-refractivity contribution >= 4 is 45.8 Å². The topological polar surface area (TPSA) is 133 Å². The van der Waals surface area contributed by atoms with Crippen molar-refractivity contribution in [2.24, 2.45) is 5.10 Å². The lowest BCUT2D eigenvalue weighted by molar-refractivity contribution is 0.0696. The number of halogens is 1. The van der Waals surface area contributed by atoms with Crippen LogP contribution < -0.4 is 10.7 Å². The summed E-state index contributed by atoms with van der Waals surface area (Å²) in [5.74, 6) is -2.45. The standard InChI is InChI=1S/C22H19BrN4O5/c1-12-7-16(11-24-26-22(32)25-18-5-3-17(23)4-6-18)13(2)27(12)19-9-14(20(28)29)8-15(10-19)21(30)31/h3-11H,1-2H3,(H,28,29)(H,30,31)(H2,25,26,32)/b24-11+. The Morgan fingerprint density at radius 1 is 0.969 bits per heavy atom. The zero-order valence-corrected chi connectivity index (χ0v) is 18.7. The van der Waals surface area contributed by atoms with E-state index in [9.17, 15) is 24.6 Å². The first-order valence-corrected chi connectivity index (χ1v) is 10.1. The first kappa shape index (κ1) is 22.8. The van der Waals surface area contributed by atoms with Gasteiger partial charge in [-0.05, 0) is 62.4 Å². The van der Waals surface area contributed by atoms with Crippen LogP contribution in [-0.4, -0.2) is 39.0 Å². The molecule has 3 rings (SSSR count). The summed E-state index contributed by atoms with van der Waals surface area (Å²) in [6, 6.07) is 12.2. The van der Waals surface area contributed by atoms with Crippen LogP contribution in [0.3, 0.4) is 0 Å². The van der Waals surface area contributed by atoms with Crippen molar-refractivity contribution in [2.45, 2.75) is 13.8 Å². The monoisotopic (exact) mass is 498 g/mol. The number of benzene rings is 2. The van der Waals surface area contributed by atoms with E-state index in [1.54, 1.807) is 48.7 Å². The number of aromatic carboxylic acids is 2. The third-order valence-corrected chi connectivity index (χ3v) is 5.14. The van der Waals surface area contributed by atoms with Crippen molar-refractivity contribution in [3.63, 3.8) is 0 Å². The molecule has 0 fully saturated rings. The van der Waals surface area contributed by atoms with Gasteiger partial charge in [0, 0.05) is 32.8 Å². The summed E-state index contributed by atoms with van der Waals surface area (Å²) in [6.45, 7) is 3.58. The van der Waals surface area contributed by atoms with Crippen molar-refractivity contribution < 1.29 is 24.6 Å². The maximum atomic E-state index is 12.0. The summed E-state index contributed by atoms with van der Waals surface area (Å²) in [5.41, 5.74) is 5.23. The molecule has 0 unspecified atom stereocenters. The number of rotatable bonds is 6. The van der Waals surface area contributed by atoms with Crippen LogP contribution in [0.2, 0.25) is 0 Å². The number of anilines is 1. The Bertz CT molecular complexity index is 1200. The fourth-order valence-electron chi connectivity index (χ4n) is 3.16. The normalized spacial score (nSPS) is 10.8. The number of carbonyl (C=O) groups excluding carboxylic acids is 1. The van der Waals surface area contributed by atoms with E-state index in [2.05, 4.69) is 31.8 Å². The van der Waals surface area contributed by atoms with Gasteiger partial charge in [0.1, 0.15) is 0 Å². The zero-order chi connectivity index (χ0) is 23.4. The molecule has 0 saturated heterocycles. The highest BCUT2D eigenvalue weighted by atomic mass is 79.9. The number of amides is 2. The number of carboxylic acid groups (broad SMARTS) is 2. The largest absolute Gasteiger partial charge is 0.478 e. The van der Waals surface area contributed by atoms with E-state index < -0.39 is 18.0 Å². The van der Waals surface area contributed by atoms with Crippen LogP contribution >= 0.6 is 15.9 Å². The molecule has 1 heterocycles. The first-order valence-electron chi connectivity index (χ1n) is 9.32. The molecular formula is C22H19BrN4O5. The molecule has 3 aromatic rings. The quantitative estimate of drug-likeness (QED) is 0.295. The van der Waals surface area contributed by atoms with Crippen LogP contribution in [0.1, 0.15) is 37.7 Å². The Morgan fingerprint density at radius 2 is 1.56 bits per heavy atom. The minimum atomic E-state index is -1.22. The Kier molecular flexibility index (Phi) is 6.74. The van der Waals surface area contributed by atoms with E-state index in [4.69, 9.17) is 0 Å². The van der Waals surface area contributed by atoms with Gasteiger partial charge >= 0.3 is 18.0 Å². The summed E-state index contributed by atoms with van der Waals surface area (Å²) in [4.78, 5) is 34.8. The average Bonchev–Trinajstić information content (AvgIpc) is 3.02. The van der Waals surface area contributed by atoms with Gasteiger partial charge in [-0.15, -0.1) is 0 Å². The van der Waals surface area contributed by atoms with Crippen molar-refractivity contribution in [1.29, 1.82) is 0 Å². The summed E-state index contributed by atoms with van der Waals surface area (Å²) < 4.78 is 2.61. The number of carboxylic acids is 2. The molecule has 0 spiro atoms. The summed E-state index contributed by atoms with van der Waals surface area (Å²) in [5, 5.41) is 25.2. The second-order valence-electron chi connectivity index (χ2n) is 6.87. The van der Waals surface area contributed by atoms with Crippen LogP contribution in [-0.2, 0) is 0 Å². The number of aromatic nitrogens is 1. The molecule has 0 aliphatic rings. The van der Waals surface area contributed by atoms with Crippen molar-refractivity contribution in [1.82, 2.24) is 9.99 Å². The lowest BCUT2D eigenvalue weighted by Gasteiger charge is -2.12. The van der Waals surface area contributed by atoms with Gasteiger partial charge in [0.05, 0.1) is 17.3 Å². The van der Waals surface area contributed by atoms with E-state index in [0.717, 1.165) is 16.2 Å². The average molecular weight is 499 g/mol. The molecule has 0 atom stereocenters. The van der Waals surface area contributed by atoms with Gasteiger partial charge in [0.15, 0.2) is 0 Å². The Morgan fingerprint density at radius 3 is 2.12 bits per heavy atom. The molecule has 0 saturated carbocycles. The second-order valence-corrected chi connectivity index (χ2v) is 7.79. The van der Waals surface area contributed by atoms with E-state index in [1.165, 1.54) is 18.3 Å². The molecule has 164 valence electrons. The van der Waals surface area contributed by atoms with E-state index in [-0.39, 0.29) is 11.1 Å². The number of carbonyl (C=O) groups is 3. The fraction of sp³-hybridized carbons (Fsp3) is 0.0909. The minimum Gasteiger partial charge on any atom is -0.478 e. The third kappa shape index (κ3) is 5.22. The molecule has 2 aromatic carbocycles. The van der Waals surface area contributed by atoms with E-state index >= 15 is 0 Å². The number of hydrogen-bond donors (Lipinski definition) is 4. The summed E-state index contributed by atoms with van der Waals surface area (Å²) in [6.07, 6.45) is 1.46. The maximum absolute atomic E-state index is 12.0. The van der Waals surface area contributed by atoms with Crippen LogP contribution in [0, 0.1) is 13.8 Å². The highest BCUT2D eigenvalue weighted by Crippen LogP contribution is 2.22. The lowest BCUT2D eigenvalue weighted by Crippen LogP contribution is -2.24. The highest BCUT2D eigenvalue weighted by Gasteiger charge is 2.16. The third-order valence-electron chi connectivity index (χ3n) is 4.61. The zero-order valence-electron chi connectivity index (χ0n) is 17.1. The predicted molar refractivity (Wildman–Crippen MR) is 123 cm³/mol. The van der Waals surface area contributed by atoms with Gasteiger partial charge in [-0.25, -0.2) is 19.8 Å². The van der Waals surface area contributed by atoms with E-state index in [1.807, 2.05) is 0 Å². The maximum Gasteiger partial charge on any atom is 0.339 e. The number of urea groups is 1. The SMILES string of the molecule is Cc1cc(/C=N/NC(=O)Nc2ccc(Br)cc2)c(C)n1-c1cc(C(=O)O)cc(C(=O)O)c1. The van der Waals surface area contributed by atoms with Crippen molar-refractivity contribution in [2.75, 3.05) is 5.32 Å². The Hall–Kier alpha value is -3.92. The molecule has 1 aromatic heterocycles. The molecule has 0 aliphatic carbocycles. The molecule has 32 heavy (non-hydrogen) atoms. The predicted octanol–water partition coefficient (Wildman–Crippen LogP) is 4.41. The minimum absolute atomic E-state index is 0.131.